The summed E-state index contributed by atoms with van der Waals surface area (Å²) in [5, 5.41) is 21.1. The van der Waals surface area contributed by atoms with E-state index in [4.69, 9.17) is 9.47 Å². The third kappa shape index (κ3) is 5.57. The second-order valence-corrected chi connectivity index (χ2v) is 9.39. The molecule has 0 aliphatic heterocycles. The number of hydrogen-bond donors (Lipinski definition) is 3. The van der Waals surface area contributed by atoms with Gasteiger partial charge in [-0.3, -0.25) is 4.79 Å². The van der Waals surface area contributed by atoms with Crippen LogP contribution >= 0.6 is 0 Å². The summed E-state index contributed by atoms with van der Waals surface area (Å²) in [7, 11) is 3.11. The van der Waals surface area contributed by atoms with Crippen LogP contribution in [-0.4, -0.2) is 41.0 Å². The SMILES string of the molecule is COc1ccc(CNC(=O)n2nc(-c3ccc(NC(=O)c4ccccc4OC)cc3O)cc2C2CCC2)cc1. The van der Waals surface area contributed by atoms with Gasteiger partial charge in [-0.15, -0.1) is 0 Å². The lowest BCUT2D eigenvalue weighted by Gasteiger charge is -2.25. The molecule has 1 fully saturated rings. The third-order valence-electron chi connectivity index (χ3n) is 6.94. The van der Waals surface area contributed by atoms with Crippen molar-refractivity contribution in [3.63, 3.8) is 0 Å². The van der Waals surface area contributed by atoms with Gasteiger partial charge in [-0.05, 0) is 60.9 Å². The van der Waals surface area contributed by atoms with Gasteiger partial charge in [-0.2, -0.15) is 9.78 Å². The lowest BCUT2D eigenvalue weighted by Crippen LogP contribution is -2.31. The molecule has 0 spiro atoms. The maximum atomic E-state index is 13.1. The molecule has 0 unspecified atom stereocenters. The molecular formula is C30H30N4O5. The smallest absolute Gasteiger partial charge is 0.342 e. The van der Waals surface area contributed by atoms with Gasteiger partial charge in [0, 0.05) is 29.8 Å². The first kappa shape index (κ1) is 25.8. The minimum atomic E-state index is -0.357. The number of anilines is 1. The van der Waals surface area contributed by atoms with Crippen LogP contribution in [0.5, 0.6) is 17.2 Å². The number of nitrogens with one attached hydrogen (secondary N) is 2. The summed E-state index contributed by atoms with van der Waals surface area (Å²) in [6, 6.07) is 20.7. The maximum absolute atomic E-state index is 13.1. The quantitative estimate of drug-likeness (QED) is 0.277. The van der Waals surface area contributed by atoms with E-state index in [-0.39, 0.29) is 23.6 Å². The molecule has 2 amide bonds. The second kappa shape index (κ2) is 11.3. The van der Waals surface area contributed by atoms with E-state index < -0.39 is 0 Å². The number of benzene rings is 3. The van der Waals surface area contributed by atoms with E-state index >= 15 is 0 Å². The van der Waals surface area contributed by atoms with E-state index in [0.29, 0.717) is 34.8 Å². The minimum Gasteiger partial charge on any atom is -0.507 e. The van der Waals surface area contributed by atoms with Crippen LogP contribution in [0.25, 0.3) is 11.3 Å². The molecule has 3 aromatic carbocycles. The molecule has 39 heavy (non-hydrogen) atoms. The van der Waals surface area contributed by atoms with E-state index in [1.54, 1.807) is 43.5 Å². The Morgan fingerprint density at radius 2 is 1.77 bits per heavy atom. The summed E-state index contributed by atoms with van der Waals surface area (Å²) in [6.07, 6.45) is 3.07. The summed E-state index contributed by atoms with van der Waals surface area (Å²) in [6.45, 7) is 0.341. The van der Waals surface area contributed by atoms with Crippen molar-refractivity contribution in [1.82, 2.24) is 15.1 Å². The van der Waals surface area contributed by atoms with Gasteiger partial charge in [-0.25, -0.2) is 4.79 Å². The molecular weight excluding hydrogens is 496 g/mol. The fraction of sp³-hybridized carbons (Fsp3) is 0.233. The van der Waals surface area contributed by atoms with Crippen LogP contribution in [0.2, 0.25) is 0 Å². The van der Waals surface area contributed by atoms with Crippen molar-refractivity contribution < 1.29 is 24.2 Å². The third-order valence-corrected chi connectivity index (χ3v) is 6.94. The highest BCUT2D eigenvalue weighted by Gasteiger charge is 2.27. The molecule has 1 heterocycles. The topological polar surface area (TPSA) is 115 Å². The fourth-order valence-corrected chi connectivity index (χ4v) is 4.54. The molecule has 1 saturated carbocycles. The minimum absolute atomic E-state index is 0.0590. The van der Waals surface area contributed by atoms with Crippen molar-refractivity contribution >= 4 is 17.6 Å². The molecule has 1 aromatic heterocycles. The highest BCUT2D eigenvalue weighted by atomic mass is 16.5. The van der Waals surface area contributed by atoms with Crippen LogP contribution in [0.3, 0.4) is 0 Å². The van der Waals surface area contributed by atoms with E-state index in [1.807, 2.05) is 30.3 Å². The molecule has 0 atom stereocenters. The number of hydrogen-bond acceptors (Lipinski definition) is 6. The van der Waals surface area contributed by atoms with Crippen molar-refractivity contribution in [1.29, 1.82) is 0 Å². The predicted molar refractivity (Wildman–Crippen MR) is 147 cm³/mol. The number of phenolic OH excluding ortho intramolecular Hbond substituents is 1. The number of carbonyl (C=O) groups is 2. The largest absolute Gasteiger partial charge is 0.507 e. The number of aromatic nitrogens is 2. The lowest BCUT2D eigenvalue weighted by molar-refractivity contribution is 0.102. The highest BCUT2D eigenvalue weighted by molar-refractivity contribution is 6.06. The Morgan fingerprint density at radius 1 is 1.00 bits per heavy atom. The highest BCUT2D eigenvalue weighted by Crippen LogP contribution is 2.39. The predicted octanol–water partition coefficient (Wildman–Crippen LogP) is 5.55. The summed E-state index contributed by atoms with van der Waals surface area (Å²) in [5.74, 6) is 1.02. The van der Waals surface area contributed by atoms with Gasteiger partial charge in [0.1, 0.15) is 17.2 Å². The second-order valence-electron chi connectivity index (χ2n) is 9.39. The Kier molecular flexibility index (Phi) is 7.49. The summed E-state index contributed by atoms with van der Waals surface area (Å²) < 4.78 is 11.9. The normalized spacial score (nSPS) is 12.9. The first-order valence-corrected chi connectivity index (χ1v) is 12.8. The average Bonchev–Trinajstić information content (AvgIpc) is 3.35. The van der Waals surface area contributed by atoms with Crippen LogP contribution in [0.1, 0.15) is 46.8 Å². The van der Waals surface area contributed by atoms with Crippen LogP contribution in [-0.2, 0) is 6.54 Å². The number of ether oxygens (including phenoxy) is 2. The molecule has 200 valence electrons. The van der Waals surface area contributed by atoms with Gasteiger partial charge in [0.25, 0.3) is 5.91 Å². The van der Waals surface area contributed by atoms with Gasteiger partial charge in [0.05, 0.1) is 31.2 Å². The molecule has 9 heteroatoms. The zero-order chi connectivity index (χ0) is 27.4. The Bertz CT molecular complexity index is 1490. The Balaban J connectivity index is 1.34. The van der Waals surface area contributed by atoms with Crippen molar-refractivity contribution in [2.45, 2.75) is 31.7 Å². The molecule has 9 nitrogen and oxygen atoms in total. The Hall–Kier alpha value is -4.79. The molecule has 0 bridgehead atoms. The van der Waals surface area contributed by atoms with Crippen LogP contribution in [0.15, 0.2) is 72.8 Å². The molecule has 1 aliphatic carbocycles. The van der Waals surface area contributed by atoms with E-state index in [2.05, 4.69) is 15.7 Å². The number of amides is 2. The standard InChI is InChI=1S/C30H30N4O5/c1-38-22-13-10-19(11-14-22)18-31-30(37)34-26(20-6-5-7-20)17-25(33-34)23-15-12-21(16-27(23)35)32-29(36)24-8-3-4-9-28(24)39-2/h3-4,8-17,20,35H,5-7,18H2,1-2H3,(H,31,37)(H,32,36). The number of aromatic hydroxyl groups is 1. The van der Waals surface area contributed by atoms with Crippen molar-refractivity contribution in [3.05, 3.63) is 89.6 Å². The summed E-state index contributed by atoms with van der Waals surface area (Å²) in [4.78, 5) is 25.9. The number of methoxy groups -OCH3 is 2. The van der Waals surface area contributed by atoms with Crippen molar-refractivity contribution in [2.24, 2.45) is 0 Å². The van der Waals surface area contributed by atoms with Crippen LogP contribution in [0, 0.1) is 0 Å². The van der Waals surface area contributed by atoms with Gasteiger partial charge < -0.3 is 25.2 Å². The molecule has 3 N–H and O–H groups in total. The van der Waals surface area contributed by atoms with Crippen LogP contribution < -0.4 is 20.1 Å². The van der Waals surface area contributed by atoms with Crippen LogP contribution in [0.4, 0.5) is 10.5 Å². The first-order valence-electron chi connectivity index (χ1n) is 12.8. The van der Waals surface area contributed by atoms with Gasteiger partial charge >= 0.3 is 6.03 Å². The fourth-order valence-electron chi connectivity index (χ4n) is 4.54. The van der Waals surface area contributed by atoms with E-state index in [0.717, 1.165) is 36.3 Å². The summed E-state index contributed by atoms with van der Waals surface area (Å²) in [5.41, 5.74) is 3.50. The Morgan fingerprint density at radius 3 is 2.44 bits per heavy atom. The van der Waals surface area contributed by atoms with E-state index in [1.165, 1.54) is 17.9 Å². The molecule has 0 saturated heterocycles. The first-order chi connectivity index (χ1) is 19.0. The number of phenols is 1. The number of carbonyl (C=O) groups excluding carboxylic acids is 2. The van der Waals surface area contributed by atoms with Gasteiger partial charge in [0.15, 0.2) is 0 Å². The monoisotopic (exact) mass is 526 g/mol. The molecule has 5 rings (SSSR count). The zero-order valence-corrected chi connectivity index (χ0v) is 21.8. The number of para-hydroxylation sites is 1. The van der Waals surface area contributed by atoms with Gasteiger partial charge in [-0.1, -0.05) is 30.7 Å². The maximum Gasteiger partial charge on any atom is 0.342 e. The Labute approximate surface area is 226 Å². The van der Waals surface area contributed by atoms with Crippen molar-refractivity contribution in [2.75, 3.05) is 19.5 Å². The summed E-state index contributed by atoms with van der Waals surface area (Å²) >= 11 is 0. The molecule has 1 aliphatic rings. The van der Waals surface area contributed by atoms with Gasteiger partial charge in [0.2, 0.25) is 0 Å². The van der Waals surface area contributed by atoms with E-state index in [9.17, 15) is 14.7 Å². The molecule has 4 aromatic rings. The zero-order valence-electron chi connectivity index (χ0n) is 21.8. The molecule has 0 radical (unpaired) electrons. The number of rotatable bonds is 8. The average molecular weight is 527 g/mol. The number of nitrogens with zero attached hydrogens (tertiary/aromatic N) is 2. The lowest BCUT2D eigenvalue weighted by atomic mass is 9.82. The van der Waals surface area contributed by atoms with Crippen molar-refractivity contribution in [3.8, 4) is 28.5 Å².